The van der Waals surface area contributed by atoms with Crippen LogP contribution in [0.4, 0.5) is 13.2 Å². The zero-order valence-corrected chi connectivity index (χ0v) is 11.1. The Morgan fingerprint density at radius 1 is 1.52 bits per heavy atom. The van der Waals surface area contributed by atoms with Gasteiger partial charge in [0.15, 0.2) is 6.04 Å². The van der Waals surface area contributed by atoms with Crippen molar-refractivity contribution in [3.05, 3.63) is 10.6 Å². The summed E-state index contributed by atoms with van der Waals surface area (Å²) in [5, 5.41) is 17.7. The molecule has 1 aliphatic heterocycles. The third-order valence-corrected chi connectivity index (χ3v) is 3.61. The number of hydrogen-bond donors (Lipinski definition) is 3. The molecule has 0 saturated carbocycles. The smallest absolute Gasteiger partial charge is 0.413 e. The van der Waals surface area contributed by atoms with Crippen molar-refractivity contribution in [2.75, 3.05) is 0 Å². The van der Waals surface area contributed by atoms with Gasteiger partial charge in [0.25, 0.3) is 5.91 Å². The van der Waals surface area contributed by atoms with Crippen molar-refractivity contribution in [2.24, 2.45) is 5.10 Å². The first-order valence-electron chi connectivity index (χ1n) is 5.40. The molecule has 2 heterocycles. The maximum Gasteiger partial charge on any atom is 0.413 e. The first-order valence-corrected chi connectivity index (χ1v) is 6.17. The number of aryl methyl sites for hydroxylation is 1. The summed E-state index contributed by atoms with van der Waals surface area (Å²) in [6.07, 6.45) is -4.42. The minimum absolute atomic E-state index is 0.0724. The number of carbonyl (C=O) groups excluding carboxylic acids is 1. The number of carbonyl (C=O) groups is 2. The predicted molar refractivity (Wildman–Crippen MR) is 63.9 cm³/mol. The van der Waals surface area contributed by atoms with Gasteiger partial charge >= 0.3 is 12.1 Å². The molecule has 1 aromatic rings. The summed E-state index contributed by atoms with van der Waals surface area (Å²) in [4.78, 5) is 23.2. The second-order valence-electron chi connectivity index (χ2n) is 4.18. The van der Waals surface area contributed by atoms with Gasteiger partial charge in [0.05, 0.1) is 11.9 Å². The van der Waals surface area contributed by atoms with Crippen LogP contribution in [0, 0.1) is 6.92 Å². The summed E-state index contributed by atoms with van der Waals surface area (Å²) in [5.74, 6) is -2.91. The summed E-state index contributed by atoms with van der Waals surface area (Å²) in [5.41, 5.74) is -0.891. The minimum atomic E-state index is -4.93. The van der Waals surface area contributed by atoms with Gasteiger partial charge in [-0.2, -0.15) is 18.3 Å². The molecule has 3 N–H and O–H groups in total. The second kappa shape index (κ2) is 4.95. The summed E-state index contributed by atoms with van der Waals surface area (Å²) < 4.78 is 42.2. The van der Waals surface area contributed by atoms with Crippen LogP contribution in [-0.4, -0.2) is 50.5 Å². The number of hydrogen-bond acceptors (Lipinski definition) is 7. The van der Waals surface area contributed by atoms with E-state index in [1.165, 1.54) is 6.92 Å². The molecule has 2 rings (SSSR count). The number of aromatic nitrogens is 2. The number of halogens is 3. The average molecular weight is 323 g/mol. The third kappa shape index (κ3) is 2.53. The highest BCUT2D eigenvalue weighted by molar-refractivity contribution is 7.08. The monoisotopic (exact) mass is 323 g/mol. The number of amides is 1. The van der Waals surface area contributed by atoms with Gasteiger partial charge in [0, 0.05) is 0 Å². The zero-order chi connectivity index (χ0) is 15.8. The van der Waals surface area contributed by atoms with Gasteiger partial charge < -0.3 is 10.4 Å². The van der Waals surface area contributed by atoms with E-state index in [0.717, 1.165) is 0 Å². The molecule has 1 aliphatic rings. The van der Waals surface area contributed by atoms with E-state index in [9.17, 15) is 22.8 Å². The maximum absolute atomic E-state index is 12.9. The SMILES string of the molecule is Cc1nnsc1C(=O)NC1(C(=O)O)C=NNC1C(F)(F)F. The number of nitrogens with one attached hydrogen (secondary N) is 2. The molecule has 0 fully saturated rings. The van der Waals surface area contributed by atoms with Crippen molar-refractivity contribution in [3.63, 3.8) is 0 Å². The molecule has 2 unspecified atom stereocenters. The molecule has 1 amide bonds. The Hall–Kier alpha value is -2.24. The predicted octanol–water partition coefficient (Wildman–Crippen LogP) is -0.0804. The molecule has 0 radical (unpaired) electrons. The Kier molecular flexibility index (Phi) is 3.57. The third-order valence-electron chi connectivity index (χ3n) is 2.79. The van der Waals surface area contributed by atoms with Crippen molar-refractivity contribution in [2.45, 2.75) is 24.7 Å². The molecule has 8 nitrogen and oxygen atoms in total. The highest BCUT2D eigenvalue weighted by atomic mass is 32.1. The first-order chi connectivity index (χ1) is 9.68. The molecular weight excluding hydrogens is 315 g/mol. The Morgan fingerprint density at radius 3 is 2.67 bits per heavy atom. The Morgan fingerprint density at radius 2 is 2.19 bits per heavy atom. The highest BCUT2D eigenvalue weighted by Crippen LogP contribution is 2.31. The van der Waals surface area contributed by atoms with E-state index >= 15 is 0 Å². The molecule has 0 saturated heterocycles. The van der Waals surface area contributed by atoms with E-state index in [1.807, 2.05) is 5.32 Å². The normalized spacial score (nSPS) is 24.7. The van der Waals surface area contributed by atoms with E-state index in [2.05, 4.69) is 14.7 Å². The van der Waals surface area contributed by atoms with Crippen molar-refractivity contribution < 1.29 is 27.9 Å². The van der Waals surface area contributed by atoms with Crippen LogP contribution in [0.25, 0.3) is 0 Å². The number of alkyl halides is 3. The van der Waals surface area contributed by atoms with Crippen molar-refractivity contribution in [1.29, 1.82) is 0 Å². The van der Waals surface area contributed by atoms with Gasteiger partial charge in [-0.25, -0.2) is 4.79 Å². The van der Waals surface area contributed by atoms with E-state index in [0.29, 0.717) is 17.7 Å². The fourth-order valence-electron chi connectivity index (χ4n) is 1.74. The fourth-order valence-corrected chi connectivity index (χ4v) is 2.29. The minimum Gasteiger partial charge on any atom is -0.479 e. The number of carboxylic acid groups (broad SMARTS) is 1. The molecule has 2 atom stereocenters. The van der Waals surface area contributed by atoms with Crippen LogP contribution in [0.2, 0.25) is 0 Å². The molecule has 12 heteroatoms. The van der Waals surface area contributed by atoms with Crippen LogP contribution in [-0.2, 0) is 4.79 Å². The lowest BCUT2D eigenvalue weighted by Gasteiger charge is -2.30. The number of nitrogens with zero attached hydrogens (tertiary/aromatic N) is 3. The summed E-state index contributed by atoms with van der Waals surface area (Å²) >= 11 is 0.648. The van der Waals surface area contributed by atoms with E-state index in [1.54, 1.807) is 5.43 Å². The fraction of sp³-hybridized carbons (Fsp3) is 0.444. The largest absolute Gasteiger partial charge is 0.479 e. The van der Waals surface area contributed by atoms with E-state index in [-0.39, 0.29) is 10.6 Å². The van der Waals surface area contributed by atoms with Crippen molar-refractivity contribution in [1.82, 2.24) is 20.3 Å². The molecule has 0 aliphatic carbocycles. The van der Waals surface area contributed by atoms with Gasteiger partial charge in [-0.1, -0.05) is 4.49 Å². The van der Waals surface area contributed by atoms with Crippen molar-refractivity contribution in [3.8, 4) is 0 Å². The van der Waals surface area contributed by atoms with Crippen LogP contribution in [0.15, 0.2) is 5.10 Å². The lowest BCUT2D eigenvalue weighted by molar-refractivity contribution is -0.175. The first kappa shape index (κ1) is 15.2. The standard InChI is InChI=1S/C9H8F3N5O3S/c1-3-4(21-17-15-3)5(18)14-8(7(19)20)2-13-16-6(8)9(10,11)12/h2,6,16H,1H3,(H,14,18)(H,19,20). The molecule has 114 valence electrons. The lowest BCUT2D eigenvalue weighted by Crippen LogP contribution is -2.67. The van der Waals surface area contributed by atoms with Gasteiger partial charge in [-0.05, 0) is 18.5 Å². The van der Waals surface area contributed by atoms with Crippen LogP contribution in [0.3, 0.4) is 0 Å². The zero-order valence-electron chi connectivity index (χ0n) is 10.3. The van der Waals surface area contributed by atoms with Crippen LogP contribution >= 0.6 is 11.5 Å². The van der Waals surface area contributed by atoms with Crippen LogP contribution < -0.4 is 10.7 Å². The topological polar surface area (TPSA) is 117 Å². The lowest BCUT2D eigenvalue weighted by atomic mass is 9.92. The van der Waals surface area contributed by atoms with Crippen molar-refractivity contribution >= 4 is 29.6 Å². The Bertz CT molecular complexity index is 616. The molecule has 0 aromatic carbocycles. The Balaban J connectivity index is 2.36. The van der Waals surface area contributed by atoms with Crippen LogP contribution in [0.1, 0.15) is 15.4 Å². The maximum atomic E-state index is 12.9. The highest BCUT2D eigenvalue weighted by Gasteiger charge is 2.61. The van der Waals surface area contributed by atoms with Gasteiger partial charge in [-0.15, -0.1) is 5.10 Å². The van der Waals surface area contributed by atoms with Gasteiger partial charge in [0.1, 0.15) is 4.88 Å². The molecule has 1 aromatic heterocycles. The number of rotatable bonds is 3. The van der Waals surface area contributed by atoms with E-state index in [4.69, 9.17) is 5.11 Å². The van der Waals surface area contributed by atoms with Gasteiger partial charge in [0.2, 0.25) is 5.54 Å². The molecule has 0 spiro atoms. The summed E-state index contributed by atoms with van der Waals surface area (Å²) in [7, 11) is 0. The number of aliphatic carboxylic acids is 1. The second-order valence-corrected chi connectivity index (χ2v) is 4.93. The molecule has 0 bridgehead atoms. The Labute approximate surface area is 119 Å². The number of carboxylic acids is 1. The average Bonchev–Trinajstić information content (AvgIpc) is 2.95. The van der Waals surface area contributed by atoms with Gasteiger partial charge in [-0.3, -0.25) is 10.2 Å². The quantitative estimate of drug-likeness (QED) is 0.716. The van der Waals surface area contributed by atoms with E-state index < -0.39 is 29.6 Å². The molecule has 21 heavy (non-hydrogen) atoms. The number of hydrazone groups is 1. The summed E-state index contributed by atoms with van der Waals surface area (Å²) in [6.45, 7) is 1.42. The molecular formula is C9H8F3N5O3S. The van der Waals surface area contributed by atoms with Crippen LogP contribution in [0.5, 0.6) is 0 Å². The summed E-state index contributed by atoms with van der Waals surface area (Å²) in [6, 6.07) is -2.58.